The van der Waals surface area contributed by atoms with Crippen molar-refractivity contribution < 1.29 is 13.9 Å². The summed E-state index contributed by atoms with van der Waals surface area (Å²) < 4.78 is 19.6. The molecule has 0 aromatic heterocycles. The number of thioether (sulfide) groups is 1. The van der Waals surface area contributed by atoms with Crippen molar-refractivity contribution in [2.75, 3.05) is 19.3 Å². The van der Waals surface area contributed by atoms with E-state index in [4.69, 9.17) is 4.74 Å². The van der Waals surface area contributed by atoms with Crippen LogP contribution in [0.4, 0.5) is 4.39 Å². The van der Waals surface area contributed by atoms with E-state index in [2.05, 4.69) is 15.6 Å². The fourth-order valence-electron chi connectivity index (χ4n) is 3.01. The van der Waals surface area contributed by atoms with Gasteiger partial charge in [-0.1, -0.05) is 12.1 Å². The molecule has 5 nitrogen and oxygen atoms in total. The normalized spacial score (nSPS) is 20.5. The molecule has 1 fully saturated rings. The summed E-state index contributed by atoms with van der Waals surface area (Å²) in [4.78, 5) is 18.0. The summed E-state index contributed by atoms with van der Waals surface area (Å²) >= 11 is 1.59. The second-order valence-electron chi connectivity index (χ2n) is 6.46. The molecule has 2 heterocycles. The molecular weight excluding hydrogens is 365 g/mol. The number of ether oxygens (including phenoxy) is 1. The van der Waals surface area contributed by atoms with Gasteiger partial charge in [-0.25, -0.2) is 9.38 Å². The molecule has 1 amide bonds. The average Bonchev–Trinajstić information content (AvgIpc) is 3.03. The van der Waals surface area contributed by atoms with Crippen LogP contribution >= 0.6 is 11.8 Å². The molecule has 1 aromatic rings. The molecule has 0 aliphatic carbocycles. The van der Waals surface area contributed by atoms with Crippen LogP contribution < -0.4 is 15.4 Å². The predicted octanol–water partition coefficient (Wildman–Crippen LogP) is 3.59. The highest BCUT2D eigenvalue weighted by Gasteiger charge is 2.23. The second-order valence-corrected chi connectivity index (χ2v) is 7.34. The molecule has 7 heteroatoms. The average molecular weight is 389 g/mol. The summed E-state index contributed by atoms with van der Waals surface area (Å²) in [5.74, 6) is -0.000901. The summed E-state index contributed by atoms with van der Waals surface area (Å²) in [6.07, 6.45) is 7.45. The molecular formula is C20H24FN3O2S. The molecule has 0 bridgehead atoms. The number of nitrogens with one attached hydrogen (secondary N) is 2. The summed E-state index contributed by atoms with van der Waals surface area (Å²) in [5, 5.41) is 6.38. The molecule has 0 radical (unpaired) electrons. The van der Waals surface area contributed by atoms with Gasteiger partial charge in [0, 0.05) is 17.4 Å². The van der Waals surface area contributed by atoms with Gasteiger partial charge >= 0.3 is 0 Å². The van der Waals surface area contributed by atoms with Gasteiger partial charge in [-0.3, -0.25) is 4.79 Å². The highest BCUT2D eigenvalue weighted by Crippen LogP contribution is 2.23. The molecule has 27 heavy (non-hydrogen) atoms. The molecule has 3 rings (SSSR count). The summed E-state index contributed by atoms with van der Waals surface area (Å²) in [6.45, 7) is 1.84. The maximum atomic E-state index is 13.7. The van der Waals surface area contributed by atoms with Crippen molar-refractivity contribution >= 4 is 23.6 Å². The van der Waals surface area contributed by atoms with E-state index in [1.807, 2.05) is 24.5 Å². The van der Waals surface area contributed by atoms with Gasteiger partial charge in [0.05, 0.1) is 11.8 Å². The van der Waals surface area contributed by atoms with Gasteiger partial charge in [0.15, 0.2) is 0 Å². The zero-order valence-corrected chi connectivity index (χ0v) is 16.2. The van der Waals surface area contributed by atoms with Gasteiger partial charge in [0.25, 0.3) is 5.91 Å². The molecule has 0 spiro atoms. The van der Waals surface area contributed by atoms with Crippen LogP contribution in [0.5, 0.6) is 5.75 Å². The minimum Gasteiger partial charge on any atom is -0.438 e. The lowest BCUT2D eigenvalue weighted by atomic mass is 10.1. The molecule has 1 unspecified atom stereocenters. The van der Waals surface area contributed by atoms with E-state index in [0.717, 1.165) is 43.4 Å². The SMILES string of the molecule is CSc1cccc(OC2=NC=C(F)CC=C2C(=O)NC2CCCNCC2)c1. The molecule has 1 atom stereocenters. The van der Waals surface area contributed by atoms with Crippen LogP contribution in [0.15, 0.2) is 57.8 Å². The number of allylic oxidation sites excluding steroid dienone is 2. The first-order chi connectivity index (χ1) is 13.2. The first kappa shape index (κ1) is 19.6. The number of benzene rings is 1. The Bertz CT molecular complexity index is 768. The van der Waals surface area contributed by atoms with Crippen LogP contribution in [0.1, 0.15) is 25.7 Å². The van der Waals surface area contributed by atoms with Gasteiger partial charge in [0.1, 0.15) is 11.6 Å². The topological polar surface area (TPSA) is 62.7 Å². The molecule has 2 N–H and O–H groups in total. The Hall–Kier alpha value is -2.12. The zero-order chi connectivity index (χ0) is 19.1. The number of hydrogen-bond acceptors (Lipinski definition) is 5. The number of carbonyl (C=O) groups is 1. The minimum absolute atomic E-state index is 0.0240. The van der Waals surface area contributed by atoms with Gasteiger partial charge in [-0.05, 0) is 56.8 Å². The van der Waals surface area contributed by atoms with Crippen LogP contribution in [0, 0.1) is 0 Å². The van der Waals surface area contributed by atoms with Gasteiger partial charge in [-0.15, -0.1) is 11.8 Å². The van der Waals surface area contributed by atoms with Gasteiger partial charge < -0.3 is 15.4 Å². The van der Waals surface area contributed by atoms with Crippen molar-refractivity contribution in [2.45, 2.75) is 36.6 Å². The van der Waals surface area contributed by atoms with Crippen LogP contribution in [-0.2, 0) is 4.79 Å². The van der Waals surface area contributed by atoms with Crippen molar-refractivity contribution in [2.24, 2.45) is 4.99 Å². The number of halogens is 1. The maximum absolute atomic E-state index is 13.7. The highest BCUT2D eigenvalue weighted by molar-refractivity contribution is 7.98. The quantitative estimate of drug-likeness (QED) is 0.773. The van der Waals surface area contributed by atoms with Crippen LogP contribution in [0.2, 0.25) is 0 Å². The summed E-state index contributed by atoms with van der Waals surface area (Å²) in [6, 6.07) is 7.59. The lowest BCUT2D eigenvalue weighted by Crippen LogP contribution is -2.38. The summed E-state index contributed by atoms with van der Waals surface area (Å²) in [7, 11) is 0. The van der Waals surface area contributed by atoms with E-state index in [-0.39, 0.29) is 29.8 Å². The number of rotatable bonds is 4. The Morgan fingerprint density at radius 1 is 1.37 bits per heavy atom. The van der Waals surface area contributed by atoms with E-state index in [9.17, 15) is 9.18 Å². The lowest BCUT2D eigenvalue weighted by Gasteiger charge is -2.18. The fourth-order valence-corrected chi connectivity index (χ4v) is 3.46. The number of hydrogen-bond donors (Lipinski definition) is 2. The van der Waals surface area contributed by atoms with E-state index >= 15 is 0 Å². The van der Waals surface area contributed by atoms with Crippen molar-refractivity contribution in [3.05, 3.63) is 47.9 Å². The summed E-state index contributed by atoms with van der Waals surface area (Å²) in [5.41, 5.74) is 0.269. The monoisotopic (exact) mass is 389 g/mol. The minimum atomic E-state index is -0.407. The Morgan fingerprint density at radius 3 is 3.11 bits per heavy atom. The highest BCUT2D eigenvalue weighted by atomic mass is 32.2. The second kappa shape index (κ2) is 9.71. The maximum Gasteiger partial charge on any atom is 0.256 e. The molecule has 144 valence electrons. The predicted molar refractivity (Wildman–Crippen MR) is 107 cm³/mol. The fraction of sp³-hybridized carbons (Fsp3) is 0.400. The molecule has 1 aromatic carbocycles. The zero-order valence-electron chi connectivity index (χ0n) is 15.3. The molecule has 0 saturated carbocycles. The molecule has 2 aliphatic rings. The third kappa shape index (κ3) is 5.68. The Morgan fingerprint density at radius 2 is 2.26 bits per heavy atom. The van der Waals surface area contributed by atoms with E-state index < -0.39 is 5.83 Å². The standard InChI is InChI=1S/C20H24FN3O2S/c1-27-17-6-2-5-16(12-17)26-20-18(8-7-14(21)13-23-20)19(25)24-15-4-3-10-22-11-9-15/h2,5-6,8,12-13,15,22H,3-4,7,9-11H2,1H3,(H,24,25). The van der Waals surface area contributed by atoms with Crippen molar-refractivity contribution in [1.82, 2.24) is 10.6 Å². The first-order valence-corrected chi connectivity index (χ1v) is 10.3. The number of carbonyl (C=O) groups excluding carboxylic acids is 1. The number of nitrogens with zero attached hydrogens (tertiary/aromatic N) is 1. The Labute approximate surface area is 163 Å². The number of aliphatic imine (C=N–C) groups is 1. The van der Waals surface area contributed by atoms with E-state index in [1.165, 1.54) is 0 Å². The largest absolute Gasteiger partial charge is 0.438 e. The van der Waals surface area contributed by atoms with Crippen molar-refractivity contribution in [1.29, 1.82) is 0 Å². The van der Waals surface area contributed by atoms with Gasteiger partial charge in [-0.2, -0.15) is 0 Å². The van der Waals surface area contributed by atoms with E-state index in [1.54, 1.807) is 23.9 Å². The Kier molecular flexibility index (Phi) is 7.06. The lowest BCUT2D eigenvalue weighted by molar-refractivity contribution is -0.117. The van der Waals surface area contributed by atoms with Crippen molar-refractivity contribution in [3.8, 4) is 5.75 Å². The molecule has 2 aliphatic heterocycles. The Balaban J connectivity index is 1.77. The van der Waals surface area contributed by atoms with Gasteiger partial charge in [0.2, 0.25) is 5.90 Å². The first-order valence-electron chi connectivity index (χ1n) is 9.12. The smallest absolute Gasteiger partial charge is 0.256 e. The number of amides is 1. The van der Waals surface area contributed by atoms with Crippen LogP contribution in [-0.4, -0.2) is 37.2 Å². The van der Waals surface area contributed by atoms with Crippen molar-refractivity contribution in [3.63, 3.8) is 0 Å². The third-order valence-electron chi connectivity index (χ3n) is 4.46. The third-order valence-corrected chi connectivity index (χ3v) is 5.19. The molecule has 1 saturated heterocycles. The van der Waals surface area contributed by atoms with E-state index in [0.29, 0.717) is 5.75 Å². The van der Waals surface area contributed by atoms with Crippen LogP contribution in [0.3, 0.4) is 0 Å². The van der Waals surface area contributed by atoms with Crippen LogP contribution in [0.25, 0.3) is 0 Å².